The smallest absolute Gasteiger partial charge is 0.218 e. The van der Waals surface area contributed by atoms with Crippen LogP contribution in [0, 0.1) is 0 Å². The van der Waals surface area contributed by atoms with Gasteiger partial charge in [-0.1, -0.05) is 6.07 Å². The highest BCUT2D eigenvalue weighted by molar-refractivity contribution is 14.0. The van der Waals surface area contributed by atoms with Crippen LogP contribution >= 0.6 is 24.0 Å². The maximum Gasteiger partial charge on any atom is 0.218 e. The van der Waals surface area contributed by atoms with Gasteiger partial charge >= 0.3 is 0 Å². The molecule has 1 aliphatic rings. The molecule has 124 valence electrons. The third kappa shape index (κ3) is 5.30. The predicted octanol–water partition coefficient (Wildman–Crippen LogP) is 3.18. The number of nitrogens with zero attached hydrogens (tertiary/aromatic N) is 3. The van der Waals surface area contributed by atoms with E-state index in [2.05, 4.69) is 23.8 Å². The highest BCUT2D eigenvalue weighted by atomic mass is 127. The second kappa shape index (κ2) is 9.86. The van der Waals surface area contributed by atoms with Gasteiger partial charge in [-0.25, -0.2) is 9.98 Å². The van der Waals surface area contributed by atoms with Crippen molar-refractivity contribution in [3.8, 4) is 5.88 Å². The lowest BCUT2D eigenvalue weighted by Gasteiger charge is -2.19. The number of pyridine rings is 1. The zero-order valence-electron chi connectivity index (χ0n) is 13.5. The molecule has 0 aliphatic heterocycles. The average Bonchev–Trinajstić information content (AvgIpc) is 3.00. The Hall–Kier alpha value is -1.05. The normalized spacial score (nSPS) is 15.5. The molecule has 0 spiro atoms. The summed E-state index contributed by atoms with van der Waals surface area (Å²) in [7, 11) is 0. The van der Waals surface area contributed by atoms with Crippen molar-refractivity contribution in [2.24, 2.45) is 10.7 Å². The Kier molecular flexibility index (Phi) is 8.52. The molecule has 22 heavy (non-hydrogen) atoms. The lowest BCUT2D eigenvalue weighted by atomic mass is 10.2. The second-order valence-electron chi connectivity index (χ2n) is 5.34. The molecule has 1 fully saturated rings. The molecule has 0 radical (unpaired) electrons. The van der Waals surface area contributed by atoms with E-state index in [1.807, 2.05) is 17.0 Å². The number of hydrogen-bond acceptors (Lipinski definition) is 3. The van der Waals surface area contributed by atoms with Crippen LogP contribution < -0.4 is 10.5 Å². The fraction of sp³-hybridized carbons (Fsp3) is 0.625. The van der Waals surface area contributed by atoms with E-state index in [1.54, 1.807) is 6.20 Å². The van der Waals surface area contributed by atoms with E-state index >= 15 is 0 Å². The van der Waals surface area contributed by atoms with Gasteiger partial charge in [-0.3, -0.25) is 0 Å². The Morgan fingerprint density at radius 2 is 2.05 bits per heavy atom. The van der Waals surface area contributed by atoms with E-state index in [4.69, 9.17) is 10.5 Å². The highest BCUT2D eigenvalue weighted by Gasteiger charge is 2.18. The van der Waals surface area contributed by atoms with Gasteiger partial charge in [0, 0.05) is 24.8 Å². The van der Waals surface area contributed by atoms with Crippen molar-refractivity contribution < 1.29 is 4.74 Å². The quantitative estimate of drug-likeness (QED) is 0.438. The SMILES string of the molecule is CCN(CC)C(N)=NCc1cccnc1OC1CCCC1.I. The largest absolute Gasteiger partial charge is 0.474 e. The predicted molar refractivity (Wildman–Crippen MR) is 101 cm³/mol. The van der Waals surface area contributed by atoms with Crippen LogP contribution in [0.1, 0.15) is 45.1 Å². The van der Waals surface area contributed by atoms with Gasteiger partial charge in [0.1, 0.15) is 6.10 Å². The maximum atomic E-state index is 6.02. The number of halogens is 1. The van der Waals surface area contributed by atoms with Crippen LogP contribution in [-0.2, 0) is 6.54 Å². The van der Waals surface area contributed by atoms with Crippen LogP contribution in [-0.4, -0.2) is 35.0 Å². The first-order valence-corrected chi connectivity index (χ1v) is 7.90. The lowest BCUT2D eigenvalue weighted by molar-refractivity contribution is 0.199. The zero-order chi connectivity index (χ0) is 15.1. The van der Waals surface area contributed by atoms with E-state index in [0.29, 0.717) is 24.5 Å². The molecule has 1 heterocycles. The second-order valence-corrected chi connectivity index (χ2v) is 5.34. The summed E-state index contributed by atoms with van der Waals surface area (Å²) in [5, 5.41) is 0. The number of aromatic nitrogens is 1. The molecule has 0 amide bonds. The monoisotopic (exact) mass is 418 g/mol. The molecule has 1 aromatic rings. The molecule has 6 heteroatoms. The van der Waals surface area contributed by atoms with Crippen LogP contribution in [0.4, 0.5) is 0 Å². The number of ether oxygens (including phenoxy) is 1. The van der Waals surface area contributed by atoms with Crippen LogP contribution in [0.5, 0.6) is 5.88 Å². The topological polar surface area (TPSA) is 63.7 Å². The van der Waals surface area contributed by atoms with Gasteiger partial charge in [-0.05, 0) is 45.6 Å². The molecular weight excluding hydrogens is 391 g/mol. The van der Waals surface area contributed by atoms with Crippen molar-refractivity contribution in [2.45, 2.75) is 52.2 Å². The van der Waals surface area contributed by atoms with Gasteiger partial charge in [0.05, 0.1) is 6.54 Å². The number of nitrogens with two attached hydrogens (primary N) is 1. The van der Waals surface area contributed by atoms with Gasteiger partial charge in [0.25, 0.3) is 0 Å². The van der Waals surface area contributed by atoms with Gasteiger partial charge in [0.2, 0.25) is 5.88 Å². The minimum absolute atomic E-state index is 0. The van der Waals surface area contributed by atoms with Crippen molar-refractivity contribution in [3.05, 3.63) is 23.9 Å². The van der Waals surface area contributed by atoms with Crippen molar-refractivity contribution >= 4 is 29.9 Å². The van der Waals surface area contributed by atoms with Crippen molar-refractivity contribution in [3.63, 3.8) is 0 Å². The summed E-state index contributed by atoms with van der Waals surface area (Å²) in [5.74, 6) is 1.29. The molecule has 0 bridgehead atoms. The third-order valence-electron chi connectivity index (χ3n) is 3.93. The molecule has 0 aromatic carbocycles. The van der Waals surface area contributed by atoms with E-state index in [9.17, 15) is 0 Å². The molecule has 0 unspecified atom stereocenters. The average molecular weight is 418 g/mol. The van der Waals surface area contributed by atoms with Crippen molar-refractivity contribution in [2.75, 3.05) is 13.1 Å². The van der Waals surface area contributed by atoms with E-state index in [-0.39, 0.29) is 24.0 Å². The Morgan fingerprint density at radius 3 is 2.68 bits per heavy atom. The van der Waals surface area contributed by atoms with Gasteiger partial charge < -0.3 is 15.4 Å². The Morgan fingerprint density at radius 1 is 1.36 bits per heavy atom. The Bertz CT molecular complexity index is 471. The Labute approximate surface area is 150 Å². The number of rotatable bonds is 6. The number of guanidine groups is 1. The fourth-order valence-corrected chi connectivity index (χ4v) is 2.63. The van der Waals surface area contributed by atoms with Crippen LogP contribution in [0.15, 0.2) is 23.3 Å². The summed E-state index contributed by atoms with van der Waals surface area (Å²) >= 11 is 0. The molecule has 5 nitrogen and oxygen atoms in total. The Balaban J connectivity index is 0.00000242. The first kappa shape index (κ1) is 19.0. The standard InChI is InChI=1S/C16H26N4O.HI/c1-3-20(4-2)16(17)19-12-13-8-7-11-18-15(13)21-14-9-5-6-10-14;/h7-8,11,14H,3-6,9-10,12H2,1-2H3,(H2,17,19);1H. The molecule has 2 N–H and O–H groups in total. The summed E-state index contributed by atoms with van der Waals surface area (Å²) in [6, 6.07) is 3.93. The van der Waals surface area contributed by atoms with Gasteiger partial charge in [-0.15, -0.1) is 24.0 Å². The molecule has 0 saturated heterocycles. The third-order valence-corrected chi connectivity index (χ3v) is 3.93. The van der Waals surface area contributed by atoms with Crippen LogP contribution in [0.3, 0.4) is 0 Å². The van der Waals surface area contributed by atoms with Crippen LogP contribution in [0.2, 0.25) is 0 Å². The van der Waals surface area contributed by atoms with E-state index < -0.39 is 0 Å². The van der Waals surface area contributed by atoms with Gasteiger partial charge in [-0.2, -0.15) is 0 Å². The number of aliphatic imine (C=N–C) groups is 1. The molecule has 1 aliphatic carbocycles. The summed E-state index contributed by atoms with van der Waals surface area (Å²) in [5.41, 5.74) is 7.01. The zero-order valence-corrected chi connectivity index (χ0v) is 15.8. The molecule has 0 atom stereocenters. The lowest BCUT2D eigenvalue weighted by Crippen LogP contribution is -2.37. The first-order chi connectivity index (χ1) is 10.2. The first-order valence-electron chi connectivity index (χ1n) is 7.90. The summed E-state index contributed by atoms with van der Waals surface area (Å²) in [6.45, 7) is 6.39. The summed E-state index contributed by atoms with van der Waals surface area (Å²) < 4.78 is 6.02. The number of hydrogen-bond donors (Lipinski definition) is 1. The molecule has 1 aromatic heterocycles. The minimum atomic E-state index is 0. The summed E-state index contributed by atoms with van der Waals surface area (Å²) in [6.07, 6.45) is 6.83. The fourth-order valence-electron chi connectivity index (χ4n) is 2.63. The van der Waals surface area contributed by atoms with Crippen LogP contribution in [0.25, 0.3) is 0 Å². The molecular formula is C16H27IN4O. The van der Waals surface area contributed by atoms with Crippen molar-refractivity contribution in [1.82, 2.24) is 9.88 Å². The van der Waals surface area contributed by atoms with E-state index in [1.165, 1.54) is 12.8 Å². The highest BCUT2D eigenvalue weighted by Crippen LogP contribution is 2.25. The van der Waals surface area contributed by atoms with Gasteiger partial charge in [0.15, 0.2) is 5.96 Å². The minimum Gasteiger partial charge on any atom is -0.474 e. The van der Waals surface area contributed by atoms with E-state index in [0.717, 1.165) is 31.5 Å². The maximum absolute atomic E-state index is 6.02. The molecule has 1 saturated carbocycles. The summed E-state index contributed by atoms with van der Waals surface area (Å²) in [4.78, 5) is 10.9. The molecule has 2 rings (SSSR count). The van der Waals surface area contributed by atoms with Crippen molar-refractivity contribution in [1.29, 1.82) is 0 Å².